The Labute approximate surface area is 103 Å². The minimum Gasteiger partial charge on any atom is -0.398 e. The van der Waals surface area contributed by atoms with Crippen molar-refractivity contribution in [1.82, 2.24) is 4.98 Å². The van der Waals surface area contributed by atoms with E-state index in [1.54, 1.807) is 17.4 Å². The van der Waals surface area contributed by atoms with E-state index in [4.69, 9.17) is 17.3 Å². The fourth-order valence-electron chi connectivity index (χ4n) is 1.39. The van der Waals surface area contributed by atoms with E-state index >= 15 is 0 Å². The number of halogens is 1. The van der Waals surface area contributed by atoms with Crippen molar-refractivity contribution in [2.75, 3.05) is 5.73 Å². The number of thiazole rings is 1. The molecule has 0 aliphatic heterocycles. The molecule has 0 radical (unpaired) electrons. The number of nitrogens with zero attached hydrogens (tertiary/aromatic N) is 1. The summed E-state index contributed by atoms with van der Waals surface area (Å²) in [5.74, 6) is 0. The standard InChI is InChI=1S/C12H11ClN2S/c1-8(12-6-16-7-15-12)4-9-5-10(13)2-3-11(9)14/h2-7H,14H2,1H3/b8-4+. The highest BCUT2D eigenvalue weighted by atomic mass is 35.5. The van der Waals surface area contributed by atoms with Crippen molar-refractivity contribution in [2.45, 2.75) is 6.92 Å². The van der Waals surface area contributed by atoms with Gasteiger partial charge in [-0.3, -0.25) is 0 Å². The maximum absolute atomic E-state index is 5.93. The summed E-state index contributed by atoms with van der Waals surface area (Å²) in [6, 6.07) is 5.45. The van der Waals surface area contributed by atoms with Crippen LogP contribution in [0, 0.1) is 0 Å². The maximum Gasteiger partial charge on any atom is 0.0798 e. The molecule has 0 amide bonds. The predicted molar refractivity (Wildman–Crippen MR) is 71.5 cm³/mol. The SMILES string of the molecule is C/C(=C\c1cc(Cl)ccc1N)c1cscn1. The number of hydrogen-bond acceptors (Lipinski definition) is 3. The summed E-state index contributed by atoms with van der Waals surface area (Å²) in [7, 11) is 0. The first kappa shape index (κ1) is 11.2. The van der Waals surface area contributed by atoms with Crippen molar-refractivity contribution < 1.29 is 0 Å². The molecule has 16 heavy (non-hydrogen) atoms. The molecule has 2 rings (SSSR count). The second-order valence-electron chi connectivity index (χ2n) is 3.47. The average molecular weight is 251 g/mol. The van der Waals surface area contributed by atoms with Crippen molar-refractivity contribution in [3.63, 3.8) is 0 Å². The first-order valence-electron chi connectivity index (χ1n) is 4.78. The van der Waals surface area contributed by atoms with Gasteiger partial charge < -0.3 is 5.73 Å². The van der Waals surface area contributed by atoms with E-state index in [0.717, 1.165) is 22.5 Å². The fourth-order valence-corrected chi connectivity index (χ4v) is 2.18. The molecule has 0 aliphatic carbocycles. The first-order chi connectivity index (χ1) is 7.66. The Morgan fingerprint density at radius 3 is 3.00 bits per heavy atom. The lowest BCUT2D eigenvalue weighted by Crippen LogP contribution is -1.89. The second-order valence-corrected chi connectivity index (χ2v) is 4.63. The number of hydrogen-bond donors (Lipinski definition) is 1. The van der Waals surface area contributed by atoms with Gasteiger partial charge in [0.05, 0.1) is 11.2 Å². The van der Waals surface area contributed by atoms with Gasteiger partial charge >= 0.3 is 0 Å². The van der Waals surface area contributed by atoms with Gasteiger partial charge in [-0.2, -0.15) is 0 Å². The molecule has 2 aromatic rings. The van der Waals surface area contributed by atoms with Crippen LogP contribution in [0.15, 0.2) is 29.1 Å². The van der Waals surface area contributed by atoms with Crippen LogP contribution in [0.25, 0.3) is 11.6 Å². The van der Waals surface area contributed by atoms with Gasteiger partial charge in [-0.15, -0.1) is 11.3 Å². The molecule has 0 bridgehead atoms. The van der Waals surface area contributed by atoms with Crippen LogP contribution in [0.4, 0.5) is 5.69 Å². The van der Waals surface area contributed by atoms with Crippen LogP contribution in [-0.4, -0.2) is 4.98 Å². The highest BCUT2D eigenvalue weighted by molar-refractivity contribution is 7.07. The topological polar surface area (TPSA) is 38.9 Å². The summed E-state index contributed by atoms with van der Waals surface area (Å²) in [6.45, 7) is 2.01. The third-order valence-corrected chi connectivity index (χ3v) is 3.08. The van der Waals surface area contributed by atoms with Crippen molar-refractivity contribution >= 4 is 40.3 Å². The Morgan fingerprint density at radius 2 is 2.31 bits per heavy atom. The molecule has 0 atom stereocenters. The van der Waals surface area contributed by atoms with E-state index in [9.17, 15) is 0 Å². The zero-order chi connectivity index (χ0) is 11.5. The van der Waals surface area contributed by atoms with Gasteiger partial charge in [0, 0.05) is 16.1 Å². The van der Waals surface area contributed by atoms with Gasteiger partial charge in [-0.1, -0.05) is 11.6 Å². The lowest BCUT2D eigenvalue weighted by atomic mass is 10.1. The van der Waals surface area contributed by atoms with E-state index in [2.05, 4.69) is 4.98 Å². The van der Waals surface area contributed by atoms with Crippen LogP contribution in [0.1, 0.15) is 18.2 Å². The molecular weight excluding hydrogens is 240 g/mol. The highest BCUT2D eigenvalue weighted by Gasteiger charge is 2.01. The zero-order valence-corrected chi connectivity index (χ0v) is 10.3. The molecule has 2 N–H and O–H groups in total. The number of rotatable bonds is 2. The summed E-state index contributed by atoms with van der Waals surface area (Å²) in [5, 5.41) is 2.69. The van der Waals surface area contributed by atoms with Crippen LogP contribution < -0.4 is 5.73 Å². The molecule has 2 nitrogen and oxygen atoms in total. The molecule has 0 saturated carbocycles. The minimum atomic E-state index is 0.687. The van der Waals surface area contributed by atoms with Crippen LogP contribution in [0.2, 0.25) is 5.02 Å². The normalized spacial score (nSPS) is 11.8. The Bertz CT molecular complexity index is 518. The number of nitrogen functional groups attached to an aromatic ring is 1. The molecule has 0 aliphatic rings. The van der Waals surface area contributed by atoms with E-state index in [-0.39, 0.29) is 0 Å². The number of allylic oxidation sites excluding steroid dienone is 1. The molecule has 4 heteroatoms. The molecule has 0 saturated heterocycles. The predicted octanol–water partition coefficient (Wildman–Crippen LogP) is 3.94. The molecule has 1 aromatic heterocycles. The van der Waals surface area contributed by atoms with Crippen molar-refractivity contribution in [3.05, 3.63) is 45.4 Å². The van der Waals surface area contributed by atoms with Gasteiger partial charge in [0.2, 0.25) is 0 Å². The summed E-state index contributed by atoms with van der Waals surface area (Å²) in [6.07, 6.45) is 2.00. The van der Waals surface area contributed by atoms with Crippen LogP contribution >= 0.6 is 22.9 Å². The van der Waals surface area contributed by atoms with Crippen molar-refractivity contribution in [1.29, 1.82) is 0 Å². The molecule has 82 valence electrons. The Hall–Kier alpha value is -1.32. The Morgan fingerprint density at radius 1 is 1.50 bits per heavy atom. The summed E-state index contributed by atoms with van der Waals surface area (Å²) in [4.78, 5) is 4.24. The lowest BCUT2D eigenvalue weighted by molar-refractivity contribution is 1.35. The smallest absolute Gasteiger partial charge is 0.0798 e. The van der Waals surface area contributed by atoms with E-state index in [1.165, 1.54) is 0 Å². The molecule has 0 spiro atoms. The molecule has 1 heterocycles. The Kier molecular flexibility index (Phi) is 3.27. The minimum absolute atomic E-state index is 0.687. The quantitative estimate of drug-likeness (QED) is 0.820. The van der Waals surface area contributed by atoms with Crippen LogP contribution in [0.5, 0.6) is 0 Å². The third-order valence-electron chi connectivity index (χ3n) is 2.26. The largest absolute Gasteiger partial charge is 0.398 e. The lowest BCUT2D eigenvalue weighted by Gasteiger charge is -2.02. The van der Waals surface area contributed by atoms with E-state index < -0.39 is 0 Å². The van der Waals surface area contributed by atoms with Crippen molar-refractivity contribution in [2.24, 2.45) is 0 Å². The van der Waals surface area contributed by atoms with Crippen molar-refractivity contribution in [3.8, 4) is 0 Å². The number of benzene rings is 1. The van der Waals surface area contributed by atoms with E-state index in [0.29, 0.717) is 5.02 Å². The van der Waals surface area contributed by atoms with Gasteiger partial charge in [0.25, 0.3) is 0 Å². The summed E-state index contributed by atoms with van der Waals surface area (Å²) >= 11 is 7.50. The van der Waals surface area contributed by atoms with Gasteiger partial charge in [-0.25, -0.2) is 4.98 Å². The number of aromatic nitrogens is 1. The number of nitrogens with two attached hydrogens (primary N) is 1. The van der Waals surface area contributed by atoms with Gasteiger partial charge in [0.15, 0.2) is 0 Å². The molecular formula is C12H11ClN2S. The summed E-state index contributed by atoms with van der Waals surface area (Å²) in [5.41, 5.74) is 11.4. The van der Waals surface area contributed by atoms with Gasteiger partial charge in [-0.05, 0) is 42.3 Å². The number of anilines is 1. The van der Waals surface area contributed by atoms with Crippen LogP contribution in [0.3, 0.4) is 0 Å². The first-order valence-corrected chi connectivity index (χ1v) is 6.11. The highest BCUT2D eigenvalue weighted by Crippen LogP contribution is 2.23. The molecule has 0 unspecified atom stereocenters. The van der Waals surface area contributed by atoms with Gasteiger partial charge in [0.1, 0.15) is 0 Å². The molecule has 1 aromatic carbocycles. The molecule has 0 fully saturated rings. The summed E-state index contributed by atoms with van der Waals surface area (Å²) < 4.78 is 0. The Balaban J connectivity index is 2.39. The zero-order valence-electron chi connectivity index (χ0n) is 8.77. The van der Waals surface area contributed by atoms with E-state index in [1.807, 2.05) is 36.0 Å². The average Bonchev–Trinajstić information content (AvgIpc) is 2.76. The maximum atomic E-state index is 5.93. The van der Waals surface area contributed by atoms with Crippen LogP contribution in [-0.2, 0) is 0 Å². The third kappa shape index (κ3) is 2.43. The fraction of sp³-hybridized carbons (Fsp3) is 0.0833. The second kappa shape index (κ2) is 4.68. The monoisotopic (exact) mass is 250 g/mol.